The number of nitrogens with zero attached hydrogens (tertiary/aromatic N) is 2. The van der Waals surface area contributed by atoms with Crippen LogP contribution in [0.3, 0.4) is 0 Å². The first-order valence-electron chi connectivity index (χ1n) is 7.86. The largest absolute Gasteiger partial charge is 0.340 e. The molecular formula is C17H18ClN5OS. The normalized spacial score (nSPS) is 13.2. The number of amides is 2. The quantitative estimate of drug-likeness (QED) is 0.704. The highest BCUT2D eigenvalue weighted by Gasteiger charge is 2.20. The first kappa shape index (κ1) is 17.4. The Morgan fingerprint density at radius 1 is 1.32 bits per heavy atom. The van der Waals surface area contributed by atoms with Crippen LogP contribution in [0.15, 0.2) is 40.3 Å². The van der Waals surface area contributed by atoms with Crippen LogP contribution in [0.4, 0.5) is 9.80 Å². The van der Waals surface area contributed by atoms with Crippen molar-refractivity contribution in [3.8, 4) is 0 Å². The number of carbonyl (C=O) groups is 1. The van der Waals surface area contributed by atoms with Gasteiger partial charge in [-0.25, -0.2) is 9.79 Å². The molecule has 2 aromatic rings. The molecule has 0 atom stereocenters. The second-order valence-corrected chi connectivity index (χ2v) is 6.84. The lowest BCUT2D eigenvalue weighted by molar-refractivity contribution is 0.241. The van der Waals surface area contributed by atoms with Crippen molar-refractivity contribution < 1.29 is 4.79 Å². The van der Waals surface area contributed by atoms with Crippen LogP contribution in [-0.4, -0.2) is 31.2 Å². The number of benzene rings is 1. The standard InChI is InChI=1S/C17H18ClN5OS/c1-3-10-8-12-15(11-6-4-5-7-13(11)18)20-9-14(21-16(12)25-10)22-23-17(24)19-2/h4-8H,3,9H2,1-2H3,(H,21,22)(H2,19,23,24). The topological polar surface area (TPSA) is 77.9 Å². The summed E-state index contributed by atoms with van der Waals surface area (Å²) >= 11 is 8.00. The summed E-state index contributed by atoms with van der Waals surface area (Å²) < 4.78 is 0. The van der Waals surface area contributed by atoms with Gasteiger partial charge in [0.05, 0.1) is 12.3 Å². The molecule has 0 radical (unpaired) electrons. The zero-order chi connectivity index (χ0) is 17.8. The molecule has 0 aliphatic carbocycles. The lowest BCUT2D eigenvalue weighted by Gasteiger charge is -2.08. The summed E-state index contributed by atoms with van der Waals surface area (Å²) in [7, 11) is 1.55. The van der Waals surface area contributed by atoms with Gasteiger partial charge >= 0.3 is 6.03 Å². The number of hydrazine groups is 1. The van der Waals surface area contributed by atoms with Gasteiger partial charge < -0.3 is 5.32 Å². The Kier molecular flexibility index (Phi) is 5.35. The smallest absolute Gasteiger partial charge is 0.333 e. The van der Waals surface area contributed by atoms with Gasteiger partial charge in [-0.2, -0.15) is 0 Å². The van der Waals surface area contributed by atoms with Crippen LogP contribution in [0.2, 0.25) is 5.02 Å². The molecule has 3 rings (SSSR count). The van der Waals surface area contributed by atoms with Crippen LogP contribution >= 0.6 is 22.9 Å². The molecule has 2 heterocycles. The van der Waals surface area contributed by atoms with Crippen LogP contribution in [0.5, 0.6) is 0 Å². The third-order valence-corrected chi connectivity index (χ3v) is 5.17. The van der Waals surface area contributed by atoms with E-state index in [0.29, 0.717) is 17.4 Å². The van der Waals surface area contributed by atoms with Crippen LogP contribution in [0, 0.1) is 0 Å². The molecule has 0 unspecified atom stereocenters. The van der Waals surface area contributed by atoms with Gasteiger partial charge in [-0.3, -0.25) is 15.8 Å². The minimum absolute atomic E-state index is 0.313. The van der Waals surface area contributed by atoms with Gasteiger partial charge in [0.25, 0.3) is 0 Å². The molecular weight excluding hydrogens is 358 g/mol. The second kappa shape index (κ2) is 7.67. The summed E-state index contributed by atoms with van der Waals surface area (Å²) in [5.41, 5.74) is 8.01. The minimum atomic E-state index is -0.345. The number of carbonyl (C=O) groups excluding carboxylic acids is 1. The Labute approximate surface area is 155 Å². The van der Waals surface area contributed by atoms with Crippen molar-refractivity contribution in [1.29, 1.82) is 0 Å². The number of halogens is 1. The molecule has 6 nitrogen and oxygen atoms in total. The summed E-state index contributed by atoms with van der Waals surface area (Å²) in [4.78, 5) is 21.9. The number of urea groups is 1. The number of amidine groups is 1. The predicted octanol–water partition coefficient (Wildman–Crippen LogP) is 3.28. The maximum absolute atomic E-state index is 11.4. The van der Waals surface area contributed by atoms with Crippen molar-refractivity contribution in [3.05, 3.63) is 51.4 Å². The number of thiophene rings is 1. The first-order chi connectivity index (χ1) is 12.1. The Balaban J connectivity index is 2.00. The summed E-state index contributed by atoms with van der Waals surface area (Å²) in [6, 6.07) is 9.41. The molecule has 0 bridgehead atoms. The number of hydrogen-bond acceptors (Lipinski definition) is 5. The van der Waals surface area contributed by atoms with E-state index >= 15 is 0 Å². The maximum Gasteiger partial charge on any atom is 0.333 e. The first-order valence-corrected chi connectivity index (χ1v) is 9.05. The van der Waals surface area contributed by atoms with Crippen molar-refractivity contribution in [2.45, 2.75) is 13.3 Å². The van der Waals surface area contributed by atoms with Gasteiger partial charge in [-0.15, -0.1) is 11.3 Å². The lowest BCUT2D eigenvalue weighted by Crippen LogP contribution is -2.46. The minimum Gasteiger partial charge on any atom is -0.340 e. The molecule has 0 saturated heterocycles. The van der Waals surface area contributed by atoms with Crippen LogP contribution in [-0.2, 0) is 6.42 Å². The molecule has 3 N–H and O–H groups in total. The number of rotatable bonds is 2. The fourth-order valence-electron chi connectivity index (χ4n) is 2.40. The number of hydrogen-bond donors (Lipinski definition) is 3. The van der Waals surface area contributed by atoms with E-state index in [2.05, 4.69) is 34.2 Å². The van der Waals surface area contributed by atoms with E-state index in [1.807, 2.05) is 24.3 Å². The van der Waals surface area contributed by atoms with Gasteiger partial charge in [0, 0.05) is 28.1 Å². The number of aryl methyl sites for hydroxylation is 1. The summed E-state index contributed by atoms with van der Waals surface area (Å²) in [6.45, 7) is 2.42. The molecule has 8 heteroatoms. The number of fused-ring (bicyclic) bond motifs is 1. The molecule has 130 valence electrons. The molecule has 0 fully saturated rings. The van der Waals surface area contributed by atoms with E-state index in [1.54, 1.807) is 18.4 Å². The van der Waals surface area contributed by atoms with E-state index < -0.39 is 0 Å². The molecule has 2 amide bonds. The zero-order valence-corrected chi connectivity index (χ0v) is 15.5. The van der Waals surface area contributed by atoms with Gasteiger partial charge in [0.2, 0.25) is 0 Å². The monoisotopic (exact) mass is 375 g/mol. The average molecular weight is 376 g/mol. The third-order valence-electron chi connectivity index (χ3n) is 3.67. The molecule has 0 spiro atoms. The number of nitrogens with one attached hydrogen (secondary N) is 3. The highest BCUT2D eigenvalue weighted by atomic mass is 35.5. The Bertz CT molecular complexity index is 858. The predicted molar refractivity (Wildman–Crippen MR) is 103 cm³/mol. The molecule has 1 aromatic heterocycles. The number of aliphatic imine (C=N–C) groups is 2. The van der Waals surface area contributed by atoms with Crippen molar-refractivity contribution >= 4 is 45.5 Å². The lowest BCUT2D eigenvalue weighted by atomic mass is 10.0. The van der Waals surface area contributed by atoms with Crippen LogP contribution in [0.1, 0.15) is 22.9 Å². The average Bonchev–Trinajstić information content (AvgIpc) is 2.95. The fourth-order valence-corrected chi connectivity index (χ4v) is 3.61. The van der Waals surface area contributed by atoms with E-state index in [-0.39, 0.29) is 6.03 Å². The molecule has 1 aromatic carbocycles. The highest BCUT2D eigenvalue weighted by Crippen LogP contribution is 2.35. The Morgan fingerprint density at radius 3 is 2.84 bits per heavy atom. The molecule has 1 aliphatic heterocycles. The summed E-state index contributed by atoms with van der Waals surface area (Å²) in [6.07, 6.45) is 0.919. The van der Waals surface area contributed by atoms with Crippen molar-refractivity contribution in [1.82, 2.24) is 16.2 Å². The third kappa shape index (κ3) is 3.83. The summed E-state index contributed by atoms with van der Waals surface area (Å²) in [5, 5.41) is 3.98. The molecule has 0 saturated carbocycles. The van der Waals surface area contributed by atoms with E-state index in [0.717, 1.165) is 28.3 Å². The van der Waals surface area contributed by atoms with Gasteiger partial charge in [-0.05, 0) is 18.6 Å². The van der Waals surface area contributed by atoms with Crippen molar-refractivity contribution in [2.75, 3.05) is 13.6 Å². The van der Waals surface area contributed by atoms with E-state index in [4.69, 9.17) is 16.6 Å². The van der Waals surface area contributed by atoms with Crippen LogP contribution in [0.25, 0.3) is 0 Å². The fraction of sp³-hybridized carbons (Fsp3) is 0.235. The highest BCUT2D eigenvalue weighted by molar-refractivity contribution is 7.16. The maximum atomic E-state index is 11.4. The molecule has 1 aliphatic rings. The van der Waals surface area contributed by atoms with Gasteiger partial charge in [0.15, 0.2) is 0 Å². The van der Waals surface area contributed by atoms with E-state index in [1.165, 1.54) is 4.88 Å². The van der Waals surface area contributed by atoms with Crippen molar-refractivity contribution in [3.63, 3.8) is 0 Å². The Morgan fingerprint density at radius 2 is 2.12 bits per heavy atom. The van der Waals surface area contributed by atoms with E-state index in [9.17, 15) is 4.79 Å². The van der Waals surface area contributed by atoms with Crippen molar-refractivity contribution in [2.24, 2.45) is 9.98 Å². The molecule has 25 heavy (non-hydrogen) atoms. The summed E-state index contributed by atoms with van der Waals surface area (Å²) in [5.74, 6) is 0.566. The van der Waals surface area contributed by atoms with Gasteiger partial charge in [0.1, 0.15) is 10.8 Å². The van der Waals surface area contributed by atoms with Crippen LogP contribution < -0.4 is 16.2 Å². The SMILES string of the molecule is CCc1cc2c(s1)N=C(NNC(=O)NC)CN=C2c1ccccc1Cl. The second-order valence-electron chi connectivity index (χ2n) is 5.32. The zero-order valence-electron chi connectivity index (χ0n) is 13.9. The Hall–Kier alpha value is -2.38. The van der Waals surface area contributed by atoms with Gasteiger partial charge in [-0.1, -0.05) is 36.7 Å².